The molecule has 20 heavy (non-hydrogen) atoms. The van der Waals surface area contributed by atoms with Crippen molar-refractivity contribution in [3.05, 3.63) is 23.3 Å². The van der Waals surface area contributed by atoms with Gasteiger partial charge in [0, 0.05) is 11.8 Å². The van der Waals surface area contributed by atoms with E-state index < -0.39 is 16.0 Å². The quantitative estimate of drug-likeness (QED) is 0.701. The van der Waals surface area contributed by atoms with Gasteiger partial charge in [0.2, 0.25) is 0 Å². The Hall–Kier alpha value is -1.94. The van der Waals surface area contributed by atoms with Gasteiger partial charge in [0.15, 0.2) is 10.2 Å². The smallest absolute Gasteiger partial charge is 0.303 e. The van der Waals surface area contributed by atoms with Crippen molar-refractivity contribution in [3.63, 3.8) is 0 Å². The maximum atomic E-state index is 11.9. The first-order chi connectivity index (χ1) is 9.47. The van der Waals surface area contributed by atoms with Crippen LogP contribution in [0.15, 0.2) is 22.7 Å². The third kappa shape index (κ3) is 3.78. The van der Waals surface area contributed by atoms with E-state index in [1.165, 1.54) is 12.3 Å². The molecule has 0 aliphatic carbocycles. The number of aromatic amines is 1. The van der Waals surface area contributed by atoms with Crippen molar-refractivity contribution in [1.29, 1.82) is 0 Å². The zero-order chi connectivity index (χ0) is 14.6. The Morgan fingerprint density at radius 1 is 1.50 bits per heavy atom. The summed E-state index contributed by atoms with van der Waals surface area (Å²) in [5.41, 5.74) is 0.665. The standard InChI is InChI=1S/C10H12N4O4S2/c15-9(16)3-1-2-7-6-19-10(12-7)14-20(17,18)8-4-5-11-13-8/h4-6H,1-3H2,(H,11,13)(H,12,14)(H,15,16). The molecule has 10 heteroatoms. The molecule has 108 valence electrons. The second kappa shape index (κ2) is 6.01. The summed E-state index contributed by atoms with van der Waals surface area (Å²) in [6, 6.07) is 1.34. The summed E-state index contributed by atoms with van der Waals surface area (Å²) in [7, 11) is -3.70. The first-order valence-electron chi connectivity index (χ1n) is 5.66. The van der Waals surface area contributed by atoms with E-state index in [1.807, 2.05) is 0 Å². The molecule has 0 atom stereocenters. The van der Waals surface area contributed by atoms with Gasteiger partial charge in [-0.25, -0.2) is 4.98 Å². The molecule has 0 spiro atoms. The van der Waals surface area contributed by atoms with Gasteiger partial charge >= 0.3 is 5.97 Å². The molecule has 8 nitrogen and oxygen atoms in total. The van der Waals surface area contributed by atoms with E-state index in [1.54, 1.807) is 5.38 Å². The summed E-state index contributed by atoms with van der Waals surface area (Å²) in [6.45, 7) is 0. The number of nitrogens with zero attached hydrogens (tertiary/aromatic N) is 2. The van der Waals surface area contributed by atoms with Crippen LogP contribution in [0.25, 0.3) is 0 Å². The highest BCUT2D eigenvalue weighted by Gasteiger charge is 2.17. The summed E-state index contributed by atoms with van der Waals surface area (Å²) in [6.07, 6.45) is 2.36. The van der Waals surface area contributed by atoms with Crippen LogP contribution in [-0.2, 0) is 21.2 Å². The predicted molar refractivity (Wildman–Crippen MR) is 72.1 cm³/mol. The van der Waals surface area contributed by atoms with Gasteiger partial charge in [0.1, 0.15) is 0 Å². The first-order valence-corrected chi connectivity index (χ1v) is 8.02. The third-order valence-electron chi connectivity index (χ3n) is 2.36. The van der Waals surface area contributed by atoms with Crippen molar-refractivity contribution in [2.75, 3.05) is 4.72 Å². The first kappa shape index (κ1) is 14.5. The molecule has 0 bridgehead atoms. The van der Waals surface area contributed by atoms with Crippen LogP contribution in [0.3, 0.4) is 0 Å². The fourth-order valence-corrected chi connectivity index (χ4v) is 3.36. The van der Waals surface area contributed by atoms with E-state index in [-0.39, 0.29) is 16.6 Å². The van der Waals surface area contributed by atoms with Gasteiger partial charge in [0.05, 0.1) is 11.9 Å². The summed E-state index contributed by atoms with van der Waals surface area (Å²) in [4.78, 5) is 14.5. The van der Waals surface area contributed by atoms with Crippen LogP contribution in [0, 0.1) is 0 Å². The van der Waals surface area contributed by atoms with Crippen LogP contribution in [0.2, 0.25) is 0 Å². The van der Waals surface area contributed by atoms with Gasteiger partial charge in [-0.3, -0.25) is 14.6 Å². The highest BCUT2D eigenvalue weighted by atomic mass is 32.2. The van der Waals surface area contributed by atoms with Crippen LogP contribution < -0.4 is 4.72 Å². The van der Waals surface area contributed by atoms with Crippen molar-refractivity contribution < 1.29 is 18.3 Å². The van der Waals surface area contributed by atoms with E-state index in [0.717, 1.165) is 11.3 Å². The van der Waals surface area contributed by atoms with Gasteiger partial charge in [-0.05, 0) is 18.9 Å². The lowest BCUT2D eigenvalue weighted by Crippen LogP contribution is -2.13. The van der Waals surface area contributed by atoms with E-state index in [9.17, 15) is 13.2 Å². The maximum absolute atomic E-state index is 11.9. The third-order valence-corrected chi connectivity index (χ3v) is 4.57. The van der Waals surface area contributed by atoms with Crippen molar-refractivity contribution in [2.45, 2.75) is 24.3 Å². The number of H-pyrrole nitrogens is 1. The Bertz CT molecular complexity index is 678. The predicted octanol–water partition coefficient (Wildman–Crippen LogP) is 1.07. The SMILES string of the molecule is O=C(O)CCCc1csc(NS(=O)(=O)c2ccn[nH]2)n1. The average molecular weight is 316 g/mol. The van der Waals surface area contributed by atoms with Gasteiger partial charge in [-0.15, -0.1) is 11.3 Å². The average Bonchev–Trinajstić information content (AvgIpc) is 2.99. The number of carbonyl (C=O) groups is 1. The van der Waals surface area contributed by atoms with Crippen molar-refractivity contribution in [2.24, 2.45) is 0 Å². The highest BCUT2D eigenvalue weighted by Crippen LogP contribution is 2.20. The van der Waals surface area contributed by atoms with E-state index in [4.69, 9.17) is 5.11 Å². The van der Waals surface area contributed by atoms with E-state index in [2.05, 4.69) is 19.9 Å². The Balaban J connectivity index is 1.98. The summed E-state index contributed by atoms with van der Waals surface area (Å²) in [5, 5.41) is 16.4. The molecule has 0 saturated carbocycles. The number of hydrogen-bond donors (Lipinski definition) is 3. The number of thiazole rings is 1. The van der Waals surface area contributed by atoms with Crippen molar-refractivity contribution in [1.82, 2.24) is 15.2 Å². The number of rotatable bonds is 7. The summed E-state index contributed by atoms with van der Waals surface area (Å²) >= 11 is 1.15. The van der Waals surface area contributed by atoms with Crippen LogP contribution in [0.4, 0.5) is 5.13 Å². The Kier molecular flexibility index (Phi) is 4.35. The molecule has 0 aromatic carbocycles. The minimum atomic E-state index is -3.70. The zero-order valence-corrected chi connectivity index (χ0v) is 11.9. The number of anilines is 1. The summed E-state index contributed by atoms with van der Waals surface area (Å²) < 4.78 is 26.1. The number of aromatic nitrogens is 3. The maximum Gasteiger partial charge on any atom is 0.303 e. The van der Waals surface area contributed by atoms with Crippen LogP contribution in [0.1, 0.15) is 18.5 Å². The Labute approximate surface area is 118 Å². The fourth-order valence-electron chi connectivity index (χ4n) is 1.45. The second-order valence-electron chi connectivity index (χ2n) is 3.92. The molecular formula is C10H12N4O4S2. The monoisotopic (exact) mass is 316 g/mol. The van der Waals surface area contributed by atoms with Gasteiger partial charge < -0.3 is 5.11 Å². The van der Waals surface area contributed by atoms with Crippen LogP contribution in [0.5, 0.6) is 0 Å². The Morgan fingerprint density at radius 3 is 2.95 bits per heavy atom. The summed E-state index contributed by atoms with van der Waals surface area (Å²) in [5.74, 6) is -0.861. The molecule has 0 saturated heterocycles. The molecule has 2 heterocycles. The molecule has 0 amide bonds. The number of hydrogen-bond acceptors (Lipinski definition) is 6. The number of aryl methyl sites for hydroxylation is 1. The fraction of sp³-hybridized carbons (Fsp3) is 0.300. The molecule has 3 N–H and O–H groups in total. The molecule has 0 unspecified atom stereocenters. The van der Waals surface area contributed by atoms with Gasteiger partial charge in [-0.2, -0.15) is 13.5 Å². The van der Waals surface area contributed by atoms with Crippen molar-refractivity contribution >= 4 is 32.5 Å². The molecule has 0 aliphatic rings. The van der Waals surface area contributed by atoms with Crippen LogP contribution in [-0.4, -0.2) is 34.7 Å². The molecule has 0 aliphatic heterocycles. The lowest BCUT2D eigenvalue weighted by Gasteiger charge is -2.01. The highest BCUT2D eigenvalue weighted by molar-refractivity contribution is 7.92. The topological polar surface area (TPSA) is 125 Å². The van der Waals surface area contributed by atoms with Crippen molar-refractivity contribution in [3.8, 4) is 0 Å². The van der Waals surface area contributed by atoms with Gasteiger partial charge in [0.25, 0.3) is 10.0 Å². The molecule has 2 rings (SSSR count). The lowest BCUT2D eigenvalue weighted by molar-refractivity contribution is -0.137. The number of sulfonamides is 1. The molecular weight excluding hydrogens is 304 g/mol. The normalized spacial score (nSPS) is 11.4. The van der Waals surface area contributed by atoms with E-state index in [0.29, 0.717) is 18.5 Å². The molecule has 0 fully saturated rings. The van der Waals surface area contributed by atoms with Crippen LogP contribution >= 0.6 is 11.3 Å². The van der Waals surface area contributed by atoms with Gasteiger partial charge in [-0.1, -0.05) is 0 Å². The lowest BCUT2D eigenvalue weighted by atomic mass is 10.2. The molecule has 2 aromatic rings. The molecule has 0 radical (unpaired) electrons. The largest absolute Gasteiger partial charge is 0.481 e. The van der Waals surface area contributed by atoms with E-state index >= 15 is 0 Å². The minimum absolute atomic E-state index is 0.0415. The zero-order valence-electron chi connectivity index (χ0n) is 10.2. The number of carboxylic acid groups (broad SMARTS) is 1. The number of nitrogens with one attached hydrogen (secondary N) is 2. The number of carboxylic acids is 1. The second-order valence-corrected chi connectivity index (χ2v) is 6.43. The minimum Gasteiger partial charge on any atom is -0.481 e. The number of aliphatic carboxylic acids is 1. The molecule has 2 aromatic heterocycles. The Morgan fingerprint density at radius 2 is 2.30 bits per heavy atom.